The average molecular weight is 352 g/mol. The normalized spacial score (nSPS) is 12.6. The van der Waals surface area contributed by atoms with Gasteiger partial charge in [0.2, 0.25) is 11.8 Å². The molecule has 0 fully saturated rings. The number of rotatable bonds is 6. The summed E-state index contributed by atoms with van der Waals surface area (Å²) in [6, 6.07) is 7.89. The molecule has 0 saturated heterocycles. The van der Waals surface area contributed by atoms with Gasteiger partial charge >= 0.3 is 0 Å². The van der Waals surface area contributed by atoms with E-state index in [-0.39, 0.29) is 24.2 Å². The number of anilines is 1. The van der Waals surface area contributed by atoms with Crippen molar-refractivity contribution in [1.82, 2.24) is 20.4 Å². The predicted octanol–water partition coefficient (Wildman–Crippen LogP) is 1.25. The van der Waals surface area contributed by atoms with Crippen LogP contribution < -0.4 is 16.0 Å². The lowest BCUT2D eigenvalue weighted by Gasteiger charge is -2.19. The smallest absolute Gasteiger partial charge is 0.246 e. The maximum absolute atomic E-state index is 12.4. The third-order valence-corrected chi connectivity index (χ3v) is 3.40. The van der Waals surface area contributed by atoms with Crippen molar-refractivity contribution < 1.29 is 9.59 Å². The maximum Gasteiger partial charge on any atom is 0.246 e. The maximum atomic E-state index is 12.4. The van der Waals surface area contributed by atoms with Crippen LogP contribution in [0.5, 0.6) is 0 Å². The highest BCUT2D eigenvalue weighted by Gasteiger charge is 2.24. The van der Waals surface area contributed by atoms with Crippen LogP contribution in [0.4, 0.5) is 5.69 Å². The number of nitrogens with one attached hydrogen (secondary N) is 3. The Hall–Kier alpha value is -2.38. The fourth-order valence-corrected chi connectivity index (χ4v) is 2.17. The second kappa shape index (κ2) is 9.05. The van der Waals surface area contributed by atoms with E-state index >= 15 is 0 Å². The number of aryl methyl sites for hydroxylation is 1. The van der Waals surface area contributed by atoms with Crippen molar-refractivity contribution in [3.63, 3.8) is 0 Å². The predicted molar refractivity (Wildman–Crippen MR) is 94.9 cm³/mol. The van der Waals surface area contributed by atoms with Gasteiger partial charge in [-0.1, -0.05) is 18.2 Å². The van der Waals surface area contributed by atoms with Crippen LogP contribution in [0.1, 0.15) is 18.5 Å². The standard InChI is InChI=1S/C16H21N5O2.ClH/c1-11(15(22)20-13-7-5-4-6-8-13)19-16(23)14(17-2)12-9-18-21(3)10-12;/h4-11,14,17H,1-3H3,(H,19,23)(H,20,22);1H. The molecule has 2 amide bonds. The minimum atomic E-state index is -0.657. The summed E-state index contributed by atoms with van der Waals surface area (Å²) in [6.07, 6.45) is 3.38. The van der Waals surface area contributed by atoms with Gasteiger partial charge in [0, 0.05) is 24.5 Å². The van der Waals surface area contributed by atoms with Crippen LogP contribution in [-0.4, -0.2) is 34.7 Å². The minimum absolute atomic E-state index is 0. The minimum Gasteiger partial charge on any atom is -0.343 e. The third kappa shape index (κ3) is 5.07. The lowest BCUT2D eigenvalue weighted by molar-refractivity contribution is -0.127. The van der Waals surface area contributed by atoms with Crippen molar-refractivity contribution in [1.29, 1.82) is 0 Å². The molecule has 1 heterocycles. The summed E-state index contributed by atoms with van der Waals surface area (Å²) in [4.78, 5) is 24.5. The van der Waals surface area contributed by atoms with Crippen LogP contribution in [-0.2, 0) is 16.6 Å². The molecule has 0 aliphatic heterocycles. The molecule has 2 atom stereocenters. The SMILES string of the molecule is CNC(C(=O)NC(C)C(=O)Nc1ccccc1)c1cnn(C)c1.Cl. The summed E-state index contributed by atoms with van der Waals surface area (Å²) in [5, 5.41) is 12.4. The van der Waals surface area contributed by atoms with Gasteiger partial charge in [0.15, 0.2) is 0 Å². The average Bonchev–Trinajstić information content (AvgIpc) is 2.95. The van der Waals surface area contributed by atoms with Gasteiger partial charge in [-0.15, -0.1) is 12.4 Å². The molecule has 2 rings (SSSR count). The molecule has 8 heteroatoms. The van der Waals surface area contributed by atoms with Crippen LogP contribution in [0.2, 0.25) is 0 Å². The van der Waals surface area contributed by atoms with E-state index in [1.165, 1.54) is 0 Å². The van der Waals surface area contributed by atoms with E-state index in [0.717, 1.165) is 5.56 Å². The Balaban J connectivity index is 0.00000288. The van der Waals surface area contributed by atoms with E-state index < -0.39 is 12.1 Å². The molecule has 24 heavy (non-hydrogen) atoms. The molecule has 7 nitrogen and oxygen atoms in total. The second-order valence-corrected chi connectivity index (χ2v) is 5.25. The molecule has 1 aromatic heterocycles. The summed E-state index contributed by atoms with van der Waals surface area (Å²) >= 11 is 0. The van der Waals surface area contributed by atoms with Gasteiger partial charge < -0.3 is 16.0 Å². The molecule has 0 radical (unpaired) electrons. The topological polar surface area (TPSA) is 88.1 Å². The largest absolute Gasteiger partial charge is 0.343 e. The molecule has 2 unspecified atom stereocenters. The molecule has 0 aliphatic carbocycles. The number of carbonyl (C=O) groups excluding carboxylic acids is 2. The molecular weight excluding hydrogens is 330 g/mol. The first kappa shape index (κ1) is 19.7. The Bertz CT molecular complexity index is 674. The van der Waals surface area contributed by atoms with E-state index in [0.29, 0.717) is 5.69 Å². The number of amides is 2. The molecule has 0 bridgehead atoms. The van der Waals surface area contributed by atoms with E-state index in [1.807, 2.05) is 18.2 Å². The van der Waals surface area contributed by atoms with Crippen LogP contribution in [0, 0.1) is 0 Å². The monoisotopic (exact) mass is 351 g/mol. The Labute approximate surface area is 147 Å². The number of carbonyl (C=O) groups is 2. The number of halogens is 1. The van der Waals surface area contributed by atoms with Gasteiger partial charge in [0.25, 0.3) is 0 Å². The van der Waals surface area contributed by atoms with E-state index in [2.05, 4.69) is 21.0 Å². The molecule has 0 aliphatic rings. The van der Waals surface area contributed by atoms with Crippen LogP contribution in [0.15, 0.2) is 42.7 Å². The first-order chi connectivity index (χ1) is 11.0. The van der Waals surface area contributed by atoms with E-state index in [9.17, 15) is 9.59 Å². The number of para-hydroxylation sites is 1. The lowest BCUT2D eigenvalue weighted by atomic mass is 10.1. The summed E-state index contributed by atoms with van der Waals surface area (Å²) in [5.74, 6) is -0.554. The molecular formula is C16H22ClN5O2. The van der Waals surface area contributed by atoms with Crippen molar-refractivity contribution in [3.05, 3.63) is 48.3 Å². The van der Waals surface area contributed by atoms with Crippen molar-refractivity contribution >= 4 is 29.9 Å². The van der Waals surface area contributed by atoms with Crippen molar-refractivity contribution in [3.8, 4) is 0 Å². The zero-order valence-corrected chi connectivity index (χ0v) is 14.6. The first-order valence-corrected chi connectivity index (χ1v) is 7.33. The number of hydrogen-bond acceptors (Lipinski definition) is 4. The Morgan fingerprint density at radius 1 is 1.17 bits per heavy atom. The van der Waals surface area contributed by atoms with Crippen LogP contribution in [0.3, 0.4) is 0 Å². The number of benzene rings is 1. The van der Waals surface area contributed by atoms with Gasteiger partial charge in [-0.3, -0.25) is 14.3 Å². The molecule has 0 saturated carbocycles. The molecule has 2 aromatic rings. The molecule has 130 valence electrons. The highest BCUT2D eigenvalue weighted by Crippen LogP contribution is 2.12. The highest BCUT2D eigenvalue weighted by molar-refractivity contribution is 5.97. The molecule has 0 spiro atoms. The highest BCUT2D eigenvalue weighted by atomic mass is 35.5. The van der Waals surface area contributed by atoms with Gasteiger partial charge in [0.1, 0.15) is 12.1 Å². The van der Waals surface area contributed by atoms with Gasteiger partial charge in [0.05, 0.1) is 6.20 Å². The Morgan fingerprint density at radius 3 is 2.38 bits per heavy atom. The van der Waals surface area contributed by atoms with Crippen molar-refractivity contribution in [2.45, 2.75) is 19.0 Å². The molecule has 1 aromatic carbocycles. The summed E-state index contributed by atoms with van der Waals surface area (Å²) in [5.41, 5.74) is 1.43. The van der Waals surface area contributed by atoms with Crippen LogP contribution in [0.25, 0.3) is 0 Å². The van der Waals surface area contributed by atoms with E-state index in [1.54, 1.807) is 50.2 Å². The number of nitrogens with zero attached hydrogens (tertiary/aromatic N) is 2. The fraction of sp³-hybridized carbons (Fsp3) is 0.312. The van der Waals surface area contributed by atoms with Crippen LogP contribution >= 0.6 is 12.4 Å². The summed E-state index contributed by atoms with van der Waals surface area (Å²) in [7, 11) is 3.47. The quantitative estimate of drug-likeness (QED) is 0.730. The molecule has 3 N–H and O–H groups in total. The van der Waals surface area contributed by atoms with Gasteiger partial charge in [-0.2, -0.15) is 5.10 Å². The number of hydrogen-bond donors (Lipinski definition) is 3. The summed E-state index contributed by atoms with van der Waals surface area (Å²) in [6.45, 7) is 1.64. The lowest BCUT2D eigenvalue weighted by Crippen LogP contribution is -2.45. The number of likely N-dealkylation sites (N-methyl/N-ethyl adjacent to an activating group) is 1. The second-order valence-electron chi connectivity index (χ2n) is 5.25. The summed E-state index contributed by atoms with van der Waals surface area (Å²) < 4.78 is 1.62. The zero-order chi connectivity index (χ0) is 16.8. The van der Waals surface area contributed by atoms with Gasteiger partial charge in [-0.25, -0.2) is 0 Å². The first-order valence-electron chi connectivity index (χ1n) is 7.33. The zero-order valence-electron chi connectivity index (χ0n) is 13.8. The van der Waals surface area contributed by atoms with E-state index in [4.69, 9.17) is 0 Å². The number of aromatic nitrogens is 2. The Morgan fingerprint density at radius 2 is 1.83 bits per heavy atom. The van der Waals surface area contributed by atoms with Crippen molar-refractivity contribution in [2.24, 2.45) is 7.05 Å². The van der Waals surface area contributed by atoms with Gasteiger partial charge in [-0.05, 0) is 26.1 Å². The fourth-order valence-electron chi connectivity index (χ4n) is 2.17. The Kier molecular flexibility index (Phi) is 7.41. The van der Waals surface area contributed by atoms with Crippen molar-refractivity contribution in [2.75, 3.05) is 12.4 Å². The third-order valence-electron chi connectivity index (χ3n) is 3.40.